The van der Waals surface area contributed by atoms with Gasteiger partial charge in [-0.25, -0.2) is 4.98 Å². The summed E-state index contributed by atoms with van der Waals surface area (Å²) in [4.78, 5) is 24.1. The first-order valence-electron chi connectivity index (χ1n) is 10.7. The number of aliphatic imine (C=N–C) groups is 1. The zero-order chi connectivity index (χ0) is 21.8. The Morgan fingerprint density at radius 2 is 2.06 bits per heavy atom. The summed E-state index contributed by atoms with van der Waals surface area (Å²) in [5.41, 5.74) is 4.29. The van der Waals surface area contributed by atoms with Crippen molar-refractivity contribution in [3.05, 3.63) is 70.7 Å². The van der Waals surface area contributed by atoms with Crippen LogP contribution in [0.5, 0.6) is 5.75 Å². The largest absolute Gasteiger partial charge is 0.492 e. The van der Waals surface area contributed by atoms with Gasteiger partial charge in [-0.1, -0.05) is 24.3 Å². The van der Waals surface area contributed by atoms with Crippen LogP contribution in [0.4, 0.5) is 10.8 Å². The first-order chi connectivity index (χ1) is 15.8. The second kappa shape index (κ2) is 9.60. The molecular formula is C24H24N4O3S. The number of carbonyl (C=O) groups excluding carboxylic acids is 1. The van der Waals surface area contributed by atoms with E-state index < -0.39 is 0 Å². The van der Waals surface area contributed by atoms with Crippen LogP contribution < -0.4 is 10.1 Å². The number of aromatic nitrogens is 1. The van der Waals surface area contributed by atoms with Gasteiger partial charge in [0.25, 0.3) is 5.91 Å². The summed E-state index contributed by atoms with van der Waals surface area (Å²) in [5.74, 6) is 0.637. The molecule has 8 heteroatoms. The Kier molecular flexibility index (Phi) is 6.24. The van der Waals surface area contributed by atoms with E-state index in [2.05, 4.69) is 15.2 Å². The minimum absolute atomic E-state index is 0.193. The summed E-state index contributed by atoms with van der Waals surface area (Å²) in [6.07, 6.45) is 2.35. The van der Waals surface area contributed by atoms with E-state index in [0.29, 0.717) is 23.7 Å². The van der Waals surface area contributed by atoms with Gasteiger partial charge in [-0.2, -0.15) is 0 Å². The van der Waals surface area contributed by atoms with Crippen LogP contribution in [-0.4, -0.2) is 61.0 Å². The highest BCUT2D eigenvalue weighted by Gasteiger charge is 2.22. The fourth-order valence-corrected chi connectivity index (χ4v) is 4.43. The highest BCUT2D eigenvalue weighted by atomic mass is 32.1. The van der Waals surface area contributed by atoms with Crippen molar-refractivity contribution < 1.29 is 14.3 Å². The number of amides is 1. The monoisotopic (exact) mass is 448 g/mol. The Morgan fingerprint density at radius 1 is 1.19 bits per heavy atom. The standard InChI is InChI=1S/C24H24N4O3S/c29-23(27-24-25-7-14-32-24)20-6-2-4-18-16-21(26-22(18)20)17-3-1-5-19(15-17)31-13-10-28-8-11-30-12-9-28/h1-7,14-15H,8-13,16H2,(H,25,27,29). The van der Waals surface area contributed by atoms with Gasteiger partial charge in [-0.3, -0.25) is 20.0 Å². The van der Waals surface area contributed by atoms with Crippen LogP contribution in [0.25, 0.3) is 0 Å². The number of hydrogen-bond donors (Lipinski definition) is 1. The zero-order valence-electron chi connectivity index (χ0n) is 17.6. The topological polar surface area (TPSA) is 76.0 Å². The molecule has 0 atom stereocenters. The maximum atomic E-state index is 12.8. The highest BCUT2D eigenvalue weighted by Crippen LogP contribution is 2.33. The Labute approximate surface area is 190 Å². The number of hydrogen-bond acceptors (Lipinski definition) is 7. The molecule has 0 saturated carbocycles. The first kappa shape index (κ1) is 20.8. The number of para-hydroxylation sites is 1. The molecule has 1 aromatic heterocycles. The molecule has 0 bridgehead atoms. The second-order valence-electron chi connectivity index (χ2n) is 7.67. The molecule has 3 heterocycles. The molecule has 5 rings (SSSR count). The molecule has 1 saturated heterocycles. The van der Waals surface area contributed by atoms with Crippen LogP contribution >= 0.6 is 11.3 Å². The smallest absolute Gasteiger partial charge is 0.259 e. The van der Waals surface area contributed by atoms with E-state index in [1.807, 2.05) is 41.8 Å². The molecule has 32 heavy (non-hydrogen) atoms. The normalized spacial score (nSPS) is 15.8. The summed E-state index contributed by atoms with van der Waals surface area (Å²) in [7, 11) is 0. The maximum absolute atomic E-state index is 12.8. The number of carbonyl (C=O) groups is 1. The second-order valence-corrected chi connectivity index (χ2v) is 8.56. The van der Waals surface area contributed by atoms with Crippen molar-refractivity contribution in [2.45, 2.75) is 6.42 Å². The lowest BCUT2D eigenvalue weighted by Gasteiger charge is -2.26. The van der Waals surface area contributed by atoms with Gasteiger partial charge in [0.1, 0.15) is 12.4 Å². The molecule has 2 aliphatic heterocycles. The van der Waals surface area contributed by atoms with Gasteiger partial charge >= 0.3 is 0 Å². The van der Waals surface area contributed by atoms with Crippen LogP contribution in [0, 0.1) is 0 Å². The van der Waals surface area contributed by atoms with Crippen molar-refractivity contribution in [2.75, 3.05) is 44.8 Å². The highest BCUT2D eigenvalue weighted by molar-refractivity contribution is 7.13. The average molecular weight is 449 g/mol. The summed E-state index contributed by atoms with van der Waals surface area (Å²) in [6.45, 7) is 5.02. The number of morpholine rings is 1. The predicted molar refractivity (Wildman–Crippen MR) is 126 cm³/mol. The average Bonchev–Trinajstić information content (AvgIpc) is 3.49. The summed E-state index contributed by atoms with van der Waals surface area (Å²) >= 11 is 1.39. The molecule has 3 aromatic rings. The first-order valence-corrected chi connectivity index (χ1v) is 11.6. The summed E-state index contributed by atoms with van der Waals surface area (Å²) < 4.78 is 11.4. The fraction of sp³-hybridized carbons (Fsp3) is 0.292. The lowest BCUT2D eigenvalue weighted by Crippen LogP contribution is -2.38. The number of benzene rings is 2. The maximum Gasteiger partial charge on any atom is 0.259 e. The van der Waals surface area contributed by atoms with Crippen LogP contribution in [0.1, 0.15) is 21.5 Å². The van der Waals surface area contributed by atoms with E-state index in [0.717, 1.165) is 61.1 Å². The number of nitrogens with zero attached hydrogens (tertiary/aromatic N) is 3. The van der Waals surface area contributed by atoms with E-state index in [1.165, 1.54) is 11.3 Å². The van der Waals surface area contributed by atoms with E-state index in [1.54, 1.807) is 12.3 Å². The quantitative estimate of drug-likeness (QED) is 0.595. The fourth-order valence-electron chi connectivity index (χ4n) is 3.90. The van der Waals surface area contributed by atoms with Gasteiger partial charge in [0.2, 0.25) is 0 Å². The Balaban J connectivity index is 1.28. The predicted octanol–water partition coefficient (Wildman–Crippen LogP) is 3.78. The van der Waals surface area contributed by atoms with E-state index in [-0.39, 0.29) is 5.91 Å². The number of nitrogens with one attached hydrogen (secondary N) is 1. The summed E-state index contributed by atoms with van der Waals surface area (Å²) in [5, 5.41) is 5.26. The van der Waals surface area contributed by atoms with Crippen molar-refractivity contribution in [3.63, 3.8) is 0 Å². The molecule has 0 spiro atoms. The third-order valence-corrected chi connectivity index (χ3v) is 6.26. The van der Waals surface area contributed by atoms with Gasteiger partial charge < -0.3 is 9.47 Å². The van der Waals surface area contributed by atoms with Gasteiger partial charge in [0.05, 0.1) is 30.2 Å². The third-order valence-electron chi connectivity index (χ3n) is 5.57. The van der Waals surface area contributed by atoms with Gasteiger partial charge in [-0.05, 0) is 29.3 Å². The van der Waals surface area contributed by atoms with E-state index >= 15 is 0 Å². The number of rotatable bonds is 7. The van der Waals surface area contributed by atoms with Crippen molar-refractivity contribution >= 4 is 33.8 Å². The Hall–Kier alpha value is -3.07. The van der Waals surface area contributed by atoms with Crippen molar-refractivity contribution in [1.29, 1.82) is 0 Å². The van der Waals surface area contributed by atoms with Crippen LogP contribution in [0.2, 0.25) is 0 Å². The molecular weight excluding hydrogens is 424 g/mol. The zero-order valence-corrected chi connectivity index (χ0v) is 18.4. The van der Waals surface area contributed by atoms with Gasteiger partial charge in [-0.15, -0.1) is 11.3 Å². The Bertz CT molecular complexity index is 1120. The molecule has 0 aliphatic carbocycles. The summed E-state index contributed by atoms with van der Waals surface area (Å²) in [6, 6.07) is 13.8. The molecule has 164 valence electrons. The molecule has 7 nitrogen and oxygen atoms in total. The SMILES string of the molecule is O=C(Nc1nccs1)c1cccc2c1N=C(c1cccc(OCCN3CCOCC3)c1)C2. The van der Waals surface area contributed by atoms with E-state index in [4.69, 9.17) is 14.5 Å². The van der Waals surface area contributed by atoms with Gasteiger partial charge in [0, 0.05) is 37.6 Å². The number of anilines is 1. The number of fused-ring (bicyclic) bond motifs is 1. The molecule has 2 aromatic carbocycles. The van der Waals surface area contributed by atoms with E-state index in [9.17, 15) is 4.79 Å². The molecule has 2 aliphatic rings. The Morgan fingerprint density at radius 3 is 2.91 bits per heavy atom. The lowest BCUT2D eigenvalue weighted by atomic mass is 10.0. The van der Waals surface area contributed by atoms with Crippen LogP contribution in [-0.2, 0) is 11.2 Å². The van der Waals surface area contributed by atoms with Crippen LogP contribution in [0.15, 0.2) is 59.0 Å². The minimum atomic E-state index is -0.193. The lowest BCUT2D eigenvalue weighted by molar-refractivity contribution is 0.0322. The minimum Gasteiger partial charge on any atom is -0.492 e. The van der Waals surface area contributed by atoms with Crippen molar-refractivity contribution in [2.24, 2.45) is 4.99 Å². The molecule has 1 amide bonds. The van der Waals surface area contributed by atoms with Crippen molar-refractivity contribution in [1.82, 2.24) is 9.88 Å². The molecule has 1 fully saturated rings. The van der Waals surface area contributed by atoms with Gasteiger partial charge in [0.15, 0.2) is 5.13 Å². The number of thiazole rings is 1. The molecule has 1 N–H and O–H groups in total. The number of ether oxygens (including phenoxy) is 2. The molecule has 0 unspecified atom stereocenters. The van der Waals surface area contributed by atoms with Crippen molar-refractivity contribution in [3.8, 4) is 5.75 Å². The van der Waals surface area contributed by atoms with Crippen LogP contribution in [0.3, 0.4) is 0 Å². The third kappa shape index (κ3) is 4.72. The molecule has 0 radical (unpaired) electrons.